The third kappa shape index (κ3) is 1.85. The highest BCUT2D eigenvalue weighted by atomic mass is 16.1. The number of ketones is 1. The Balaban J connectivity index is 2.66. The molecule has 2 rings (SSSR count). The fraction of sp³-hybridized carbons (Fsp3) is 0.267. The Morgan fingerprint density at radius 1 is 0.938 bits per heavy atom. The van der Waals surface area contributed by atoms with Crippen LogP contribution in [-0.2, 0) is 0 Å². The number of Topliss-reactive ketones (excluding diaryl/α,β-unsaturated/α-hetero) is 1. The SMILES string of the molecule is CC(C)(C)C(=O)c1cccc2ccccc12. The first-order chi connectivity index (χ1) is 7.50. The van der Waals surface area contributed by atoms with Gasteiger partial charge in [-0.25, -0.2) is 0 Å². The Hall–Kier alpha value is -1.63. The summed E-state index contributed by atoms with van der Waals surface area (Å²) in [6.45, 7) is 5.87. The molecule has 0 radical (unpaired) electrons. The van der Waals surface area contributed by atoms with Crippen molar-refractivity contribution in [3.63, 3.8) is 0 Å². The third-order valence-electron chi connectivity index (χ3n) is 2.72. The molecular weight excluding hydrogens is 196 g/mol. The van der Waals surface area contributed by atoms with Gasteiger partial charge in [0.05, 0.1) is 0 Å². The molecule has 0 aliphatic heterocycles. The number of hydrogen-bond acceptors (Lipinski definition) is 1. The van der Waals surface area contributed by atoms with Crippen molar-refractivity contribution in [1.82, 2.24) is 0 Å². The van der Waals surface area contributed by atoms with Crippen LogP contribution in [0.25, 0.3) is 10.8 Å². The molecule has 0 aliphatic carbocycles. The predicted molar refractivity (Wildman–Crippen MR) is 67.7 cm³/mol. The molecule has 0 aromatic heterocycles. The molecule has 0 aliphatic rings. The van der Waals surface area contributed by atoms with E-state index < -0.39 is 0 Å². The van der Waals surface area contributed by atoms with Gasteiger partial charge in [-0.2, -0.15) is 0 Å². The van der Waals surface area contributed by atoms with Gasteiger partial charge in [0.2, 0.25) is 0 Å². The Bertz CT molecular complexity index is 527. The zero-order valence-corrected chi connectivity index (χ0v) is 9.95. The number of carbonyl (C=O) groups excluding carboxylic acids is 1. The van der Waals surface area contributed by atoms with Crippen molar-refractivity contribution >= 4 is 16.6 Å². The maximum Gasteiger partial charge on any atom is 0.168 e. The van der Waals surface area contributed by atoms with Crippen molar-refractivity contribution in [2.24, 2.45) is 5.41 Å². The van der Waals surface area contributed by atoms with E-state index in [0.717, 1.165) is 16.3 Å². The first-order valence-corrected chi connectivity index (χ1v) is 5.53. The summed E-state index contributed by atoms with van der Waals surface area (Å²) in [7, 11) is 0. The van der Waals surface area contributed by atoms with Crippen LogP contribution in [0.15, 0.2) is 42.5 Å². The van der Waals surface area contributed by atoms with Crippen molar-refractivity contribution in [3.8, 4) is 0 Å². The standard InChI is InChI=1S/C15H16O/c1-15(2,3)14(16)13-10-6-8-11-7-4-5-9-12(11)13/h4-10H,1-3H3. The van der Waals surface area contributed by atoms with Crippen molar-refractivity contribution in [2.75, 3.05) is 0 Å². The number of carbonyl (C=O) groups is 1. The van der Waals surface area contributed by atoms with Crippen LogP contribution < -0.4 is 0 Å². The van der Waals surface area contributed by atoms with Crippen LogP contribution in [0.3, 0.4) is 0 Å². The zero-order valence-electron chi connectivity index (χ0n) is 9.95. The van der Waals surface area contributed by atoms with Gasteiger partial charge in [-0.05, 0) is 10.8 Å². The van der Waals surface area contributed by atoms with E-state index in [2.05, 4.69) is 0 Å². The molecule has 0 unspecified atom stereocenters. The molecule has 1 heteroatoms. The molecule has 0 saturated carbocycles. The first kappa shape index (κ1) is 10.9. The first-order valence-electron chi connectivity index (χ1n) is 5.53. The van der Waals surface area contributed by atoms with E-state index in [1.54, 1.807) is 0 Å². The number of benzene rings is 2. The fourth-order valence-electron chi connectivity index (χ4n) is 1.83. The number of rotatable bonds is 1. The van der Waals surface area contributed by atoms with Crippen molar-refractivity contribution < 1.29 is 4.79 Å². The maximum atomic E-state index is 12.3. The van der Waals surface area contributed by atoms with Crippen molar-refractivity contribution in [2.45, 2.75) is 20.8 Å². The van der Waals surface area contributed by atoms with E-state index in [9.17, 15) is 4.79 Å². The molecule has 0 amide bonds. The quantitative estimate of drug-likeness (QED) is 0.651. The lowest BCUT2D eigenvalue weighted by molar-refractivity contribution is 0.0860. The summed E-state index contributed by atoms with van der Waals surface area (Å²) in [6.07, 6.45) is 0. The second-order valence-corrected chi connectivity index (χ2v) is 5.11. The lowest BCUT2D eigenvalue weighted by atomic mass is 9.85. The summed E-state index contributed by atoms with van der Waals surface area (Å²) in [5.74, 6) is 0.198. The Morgan fingerprint density at radius 3 is 2.25 bits per heavy atom. The van der Waals surface area contributed by atoms with Crippen LogP contribution >= 0.6 is 0 Å². The van der Waals surface area contributed by atoms with Gasteiger partial charge in [0.15, 0.2) is 5.78 Å². The van der Waals surface area contributed by atoms with Crippen LogP contribution in [0.5, 0.6) is 0 Å². The minimum Gasteiger partial charge on any atom is -0.294 e. The lowest BCUT2D eigenvalue weighted by Gasteiger charge is -2.17. The molecule has 0 fully saturated rings. The van der Waals surface area contributed by atoms with Gasteiger partial charge in [-0.3, -0.25) is 4.79 Å². The van der Waals surface area contributed by atoms with Crippen LogP contribution in [0.2, 0.25) is 0 Å². The van der Waals surface area contributed by atoms with Gasteiger partial charge in [0.25, 0.3) is 0 Å². The monoisotopic (exact) mass is 212 g/mol. The molecule has 0 spiro atoms. The van der Waals surface area contributed by atoms with Crippen LogP contribution in [0.1, 0.15) is 31.1 Å². The number of hydrogen-bond donors (Lipinski definition) is 0. The molecular formula is C15H16O. The van der Waals surface area contributed by atoms with E-state index in [0.29, 0.717) is 0 Å². The van der Waals surface area contributed by atoms with Gasteiger partial charge >= 0.3 is 0 Å². The lowest BCUT2D eigenvalue weighted by Crippen LogP contribution is -2.20. The van der Waals surface area contributed by atoms with E-state index in [-0.39, 0.29) is 11.2 Å². The number of fused-ring (bicyclic) bond motifs is 1. The largest absolute Gasteiger partial charge is 0.294 e. The normalized spacial score (nSPS) is 11.7. The average Bonchev–Trinajstić information content (AvgIpc) is 2.26. The molecule has 0 bridgehead atoms. The molecule has 0 saturated heterocycles. The predicted octanol–water partition coefficient (Wildman–Crippen LogP) is 4.07. The highest BCUT2D eigenvalue weighted by molar-refractivity contribution is 6.10. The van der Waals surface area contributed by atoms with E-state index in [4.69, 9.17) is 0 Å². The van der Waals surface area contributed by atoms with Crippen LogP contribution in [-0.4, -0.2) is 5.78 Å². The summed E-state index contributed by atoms with van der Waals surface area (Å²) >= 11 is 0. The molecule has 82 valence electrons. The van der Waals surface area contributed by atoms with Crippen LogP contribution in [0.4, 0.5) is 0 Å². The second kappa shape index (κ2) is 3.75. The van der Waals surface area contributed by atoms with Gasteiger partial charge in [0.1, 0.15) is 0 Å². The van der Waals surface area contributed by atoms with Crippen LogP contribution in [0, 0.1) is 5.41 Å². The fourth-order valence-corrected chi connectivity index (χ4v) is 1.83. The molecule has 0 N–H and O–H groups in total. The molecule has 2 aromatic carbocycles. The van der Waals surface area contributed by atoms with Gasteiger partial charge in [-0.1, -0.05) is 63.2 Å². The topological polar surface area (TPSA) is 17.1 Å². The van der Waals surface area contributed by atoms with Crippen molar-refractivity contribution in [1.29, 1.82) is 0 Å². The highest BCUT2D eigenvalue weighted by Crippen LogP contribution is 2.26. The van der Waals surface area contributed by atoms with E-state index in [1.165, 1.54) is 0 Å². The zero-order chi connectivity index (χ0) is 11.8. The molecule has 0 atom stereocenters. The summed E-state index contributed by atoms with van der Waals surface area (Å²) < 4.78 is 0. The second-order valence-electron chi connectivity index (χ2n) is 5.11. The van der Waals surface area contributed by atoms with E-state index in [1.807, 2.05) is 63.2 Å². The Morgan fingerprint density at radius 2 is 1.56 bits per heavy atom. The van der Waals surface area contributed by atoms with Gasteiger partial charge < -0.3 is 0 Å². The summed E-state index contributed by atoms with van der Waals surface area (Å²) in [5.41, 5.74) is 0.495. The highest BCUT2D eigenvalue weighted by Gasteiger charge is 2.23. The molecule has 16 heavy (non-hydrogen) atoms. The molecule has 0 heterocycles. The summed E-state index contributed by atoms with van der Waals surface area (Å²) in [4.78, 5) is 12.3. The summed E-state index contributed by atoms with van der Waals surface area (Å²) in [6, 6.07) is 13.9. The maximum absolute atomic E-state index is 12.3. The summed E-state index contributed by atoms with van der Waals surface area (Å²) in [5, 5.41) is 2.17. The third-order valence-corrected chi connectivity index (χ3v) is 2.72. The Kier molecular flexibility index (Phi) is 2.55. The molecule has 1 nitrogen and oxygen atoms in total. The average molecular weight is 212 g/mol. The molecule has 2 aromatic rings. The minimum absolute atomic E-state index is 0.198. The van der Waals surface area contributed by atoms with E-state index >= 15 is 0 Å². The minimum atomic E-state index is -0.329. The smallest absolute Gasteiger partial charge is 0.168 e. The van der Waals surface area contributed by atoms with Gasteiger partial charge in [-0.15, -0.1) is 0 Å². The Labute approximate surface area is 96.1 Å². The van der Waals surface area contributed by atoms with Crippen molar-refractivity contribution in [3.05, 3.63) is 48.0 Å². The van der Waals surface area contributed by atoms with Gasteiger partial charge in [0, 0.05) is 11.0 Å².